The van der Waals surface area contributed by atoms with E-state index in [9.17, 15) is 19.2 Å². The minimum atomic E-state index is -1.00. The molecule has 2 rings (SSSR count). The van der Waals surface area contributed by atoms with Crippen molar-refractivity contribution in [2.75, 3.05) is 6.54 Å². The normalized spacial score (nSPS) is 17.4. The average Bonchev–Trinajstić information content (AvgIpc) is 2.71. The van der Waals surface area contributed by atoms with Crippen LogP contribution >= 0.6 is 23.2 Å². The summed E-state index contributed by atoms with van der Waals surface area (Å²) in [6, 6.07) is 4.49. The molecule has 0 saturated carbocycles. The highest BCUT2D eigenvalue weighted by Gasteiger charge is 2.44. The summed E-state index contributed by atoms with van der Waals surface area (Å²) in [7, 11) is -1.00. The summed E-state index contributed by atoms with van der Waals surface area (Å²) >= 11 is 12.0. The van der Waals surface area contributed by atoms with Crippen molar-refractivity contribution in [3.05, 3.63) is 33.8 Å². The van der Waals surface area contributed by atoms with Gasteiger partial charge in [0.2, 0.25) is 0 Å². The van der Waals surface area contributed by atoms with Gasteiger partial charge in [0.1, 0.15) is 6.10 Å². The number of hydrogen-bond acceptors (Lipinski definition) is 6. The molecule has 1 N–H and O–H groups in total. The number of carbonyl (C=O) groups excluding carboxylic acids is 4. The summed E-state index contributed by atoms with van der Waals surface area (Å²) in [6.07, 6.45) is -0.203. The molecular formula is C24H32BCl2NO6. The highest BCUT2D eigenvalue weighted by atomic mass is 35.5. The first kappa shape index (κ1) is 28.3. The van der Waals surface area contributed by atoms with E-state index in [-0.39, 0.29) is 59.3 Å². The van der Waals surface area contributed by atoms with Gasteiger partial charge in [-0.1, -0.05) is 57.8 Å². The van der Waals surface area contributed by atoms with Crippen LogP contribution in [0.4, 0.5) is 0 Å². The number of amides is 1. The van der Waals surface area contributed by atoms with Crippen LogP contribution in [0.3, 0.4) is 0 Å². The lowest BCUT2D eigenvalue weighted by Gasteiger charge is -2.32. The van der Waals surface area contributed by atoms with Crippen LogP contribution in [0.25, 0.3) is 0 Å². The van der Waals surface area contributed by atoms with Gasteiger partial charge in [-0.3, -0.25) is 19.2 Å². The predicted molar refractivity (Wildman–Crippen MR) is 132 cm³/mol. The fourth-order valence-electron chi connectivity index (χ4n) is 3.81. The van der Waals surface area contributed by atoms with Crippen molar-refractivity contribution in [3.63, 3.8) is 0 Å². The van der Waals surface area contributed by atoms with E-state index in [1.165, 1.54) is 12.1 Å². The Labute approximate surface area is 211 Å². The Balaban J connectivity index is 2.04. The third-order valence-corrected chi connectivity index (χ3v) is 5.79. The summed E-state index contributed by atoms with van der Waals surface area (Å²) in [4.78, 5) is 50.0. The molecule has 7 nitrogen and oxygen atoms in total. The maximum absolute atomic E-state index is 12.7. The SMILES string of the molecule is CC(C)C[C@H](CC(=O)CNC(=O)c1cc(Cl)ccc1Cl)B1OC(=O)C[C@H](C(=O)CC(C)(C)C)O1. The van der Waals surface area contributed by atoms with Gasteiger partial charge in [-0.05, 0) is 36.0 Å². The number of Topliss-reactive ketones (excluding diaryl/α,β-unsaturated/α-hetero) is 2. The highest BCUT2D eigenvalue weighted by Crippen LogP contribution is 2.31. The quantitative estimate of drug-likeness (QED) is 0.447. The monoisotopic (exact) mass is 511 g/mol. The standard InChI is InChI=1S/C24H32BCl2NO6/c1-14(2)8-15(25-33-21(11-22(31)34-25)20(30)12-24(3,4)5)9-17(29)13-28-23(32)18-10-16(26)6-7-19(18)27/h6-7,10,14-15,21H,8-9,11-13H2,1-5H3,(H,28,32)/t15-,21-/m1/s1. The summed E-state index contributed by atoms with van der Waals surface area (Å²) < 4.78 is 11.3. The Morgan fingerprint density at radius 3 is 2.50 bits per heavy atom. The Kier molecular flexibility index (Phi) is 10.2. The number of hydrogen-bond donors (Lipinski definition) is 1. The van der Waals surface area contributed by atoms with E-state index in [2.05, 4.69) is 5.32 Å². The zero-order valence-corrected chi connectivity index (χ0v) is 21.8. The first-order valence-electron chi connectivity index (χ1n) is 11.4. The van der Waals surface area contributed by atoms with E-state index in [0.29, 0.717) is 11.4 Å². The number of nitrogens with one attached hydrogen (secondary N) is 1. The molecule has 1 aromatic carbocycles. The number of rotatable bonds is 10. The van der Waals surface area contributed by atoms with Gasteiger partial charge in [0, 0.05) is 23.7 Å². The lowest BCUT2D eigenvalue weighted by atomic mass is 9.64. The summed E-state index contributed by atoms with van der Waals surface area (Å²) in [5.74, 6) is -1.73. The highest BCUT2D eigenvalue weighted by molar-refractivity contribution is 6.50. The molecule has 0 radical (unpaired) electrons. The Morgan fingerprint density at radius 1 is 1.21 bits per heavy atom. The van der Waals surface area contributed by atoms with E-state index in [1.807, 2.05) is 34.6 Å². The van der Waals surface area contributed by atoms with Crippen LogP contribution in [0.1, 0.15) is 70.7 Å². The van der Waals surface area contributed by atoms with Gasteiger partial charge in [-0.25, -0.2) is 0 Å². The minimum absolute atomic E-state index is 0.0138. The van der Waals surface area contributed by atoms with E-state index < -0.39 is 30.9 Å². The van der Waals surface area contributed by atoms with Gasteiger partial charge < -0.3 is 14.6 Å². The van der Waals surface area contributed by atoms with Gasteiger partial charge in [0.05, 0.1) is 23.6 Å². The van der Waals surface area contributed by atoms with E-state index in [1.54, 1.807) is 6.07 Å². The smallest absolute Gasteiger partial charge is 0.509 e. The second-order valence-electron chi connectivity index (χ2n) is 10.3. The lowest BCUT2D eigenvalue weighted by Crippen LogP contribution is -2.46. The molecule has 1 fully saturated rings. The molecule has 1 amide bonds. The molecule has 0 aromatic heterocycles. The molecule has 1 aliphatic heterocycles. The first-order valence-corrected chi connectivity index (χ1v) is 12.1. The molecule has 1 aliphatic rings. The molecule has 10 heteroatoms. The van der Waals surface area contributed by atoms with Crippen LogP contribution in [0.5, 0.6) is 0 Å². The van der Waals surface area contributed by atoms with Crippen LogP contribution in [-0.4, -0.2) is 43.2 Å². The fraction of sp³-hybridized carbons (Fsp3) is 0.583. The minimum Gasteiger partial charge on any atom is -0.509 e. The third-order valence-electron chi connectivity index (χ3n) is 5.23. The van der Waals surface area contributed by atoms with Crippen LogP contribution in [-0.2, 0) is 23.7 Å². The summed E-state index contributed by atoms with van der Waals surface area (Å²) in [6.45, 7) is 9.54. The lowest BCUT2D eigenvalue weighted by molar-refractivity contribution is -0.148. The van der Waals surface area contributed by atoms with E-state index in [0.717, 1.165) is 0 Å². The number of ketones is 2. The van der Waals surface area contributed by atoms with Crippen molar-refractivity contribution in [3.8, 4) is 0 Å². The van der Waals surface area contributed by atoms with Crippen LogP contribution in [0, 0.1) is 11.3 Å². The van der Waals surface area contributed by atoms with Gasteiger partial charge in [-0.15, -0.1) is 0 Å². The molecular weight excluding hydrogens is 480 g/mol. The van der Waals surface area contributed by atoms with Crippen molar-refractivity contribution >= 4 is 53.8 Å². The van der Waals surface area contributed by atoms with Gasteiger partial charge in [-0.2, -0.15) is 0 Å². The van der Waals surface area contributed by atoms with Gasteiger partial charge in [0.25, 0.3) is 11.9 Å². The molecule has 186 valence electrons. The average molecular weight is 512 g/mol. The zero-order valence-electron chi connectivity index (χ0n) is 20.3. The predicted octanol–water partition coefficient (Wildman–Crippen LogP) is 4.92. The van der Waals surface area contributed by atoms with Crippen molar-refractivity contribution in [2.24, 2.45) is 11.3 Å². The Hall–Kier alpha value is -1.90. The van der Waals surface area contributed by atoms with Gasteiger partial charge in [0.15, 0.2) is 11.6 Å². The fourth-order valence-corrected chi connectivity index (χ4v) is 4.18. The third kappa shape index (κ3) is 9.04. The summed E-state index contributed by atoms with van der Waals surface area (Å²) in [5.41, 5.74) is -0.0697. The van der Waals surface area contributed by atoms with Crippen molar-refractivity contribution < 1.29 is 28.5 Å². The molecule has 0 spiro atoms. The maximum atomic E-state index is 12.7. The maximum Gasteiger partial charge on any atom is 0.531 e. The molecule has 2 atom stereocenters. The molecule has 0 aliphatic carbocycles. The summed E-state index contributed by atoms with van der Waals surface area (Å²) in [5, 5.41) is 3.13. The van der Waals surface area contributed by atoms with Crippen LogP contribution in [0.15, 0.2) is 18.2 Å². The molecule has 34 heavy (non-hydrogen) atoms. The second-order valence-corrected chi connectivity index (χ2v) is 11.2. The Bertz CT molecular complexity index is 931. The largest absolute Gasteiger partial charge is 0.531 e. The Morgan fingerprint density at radius 2 is 1.88 bits per heavy atom. The second kappa shape index (κ2) is 12.2. The molecule has 0 bridgehead atoms. The number of carbonyl (C=O) groups is 4. The van der Waals surface area contributed by atoms with Gasteiger partial charge >= 0.3 is 7.12 Å². The van der Waals surface area contributed by atoms with Crippen LogP contribution < -0.4 is 5.32 Å². The number of halogens is 2. The molecule has 1 saturated heterocycles. The molecule has 1 aromatic rings. The molecule has 1 heterocycles. The number of benzene rings is 1. The van der Waals surface area contributed by atoms with E-state index >= 15 is 0 Å². The first-order chi connectivity index (χ1) is 15.7. The van der Waals surface area contributed by atoms with Crippen molar-refractivity contribution in [1.29, 1.82) is 0 Å². The van der Waals surface area contributed by atoms with Crippen molar-refractivity contribution in [2.45, 2.75) is 72.2 Å². The topological polar surface area (TPSA) is 98.8 Å². The van der Waals surface area contributed by atoms with Crippen molar-refractivity contribution in [1.82, 2.24) is 5.32 Å². The van der Waals surface area contributed by atoms with E-state index in [4.69, 9.17) is 32.5 Å². The van der Waals surface area contributed by atoms with Crippen LogP contribution in [0.2, 0.25) is 15.9 Å². The zero-order chi connectivity index (χ0) is 25.6. The molecule has 0 unspecified atom stereocenters.